The minimum atomic E-state index is -0.244. The van der Waals surface area contributed by atoms with Crippen molar-refractivity contribution >= 4 is 28.9 Å². The third-order valence-corrected chi connectivity index (χ3v) is 3.99. The van der Waals surface area contributed by atoms with Crippen molar-refractivity contribution in [2.24, 2.45) is 0 Å². The van der Waals surface area contributed by atoms with E-state index in [0.717, 1.165) is 12.1 Å². The van der Waals surface area contributed by atoms with Crippen LogP contribution < -0.4 is 5.32 Å². The van der Waals surface area contributed by atoms with E-state index in [1.165, 1.54) is 0 Å². The predicted octanol–water partition coefficient (Wildman–Crippen LogP) is 4.75. The van der Waals surface area contributed by atoms with E-state index >= 15 is 0 Å². The van der Waals surface area contributed by atoms with Gasteiger partial charge in [0, 0.05) is 0 Å². The predicted molar refractivity (Wildman–Crippen MR) is 77.7 cm³/mol. The lowest BCUT2D eigenvalue weighted by molar-refractivity contribution is -0.0662. The van der Waals surface area contributed by atoms with Crippen molar-refractivity contribution in [2.75, 3.05) is 5.32 Å². The summed E-state index contributed by atoms with van der Waals surface area (Å²) in [6.07, 6.45) is 0.918. The lowest BCUT2D eigenvalue weighted by atomic mass is 9.94. The van der Waals surface area contributed by atoms with E-state index in [1.807, 2.05) is 18.2 Å². The Morgan fingerprint density at radius 2 is 1.72 bits per heavy atom. The fraction of sp³-hybridized carbons (Fsp3) is 0.571. The molecule has 0 aliphatic carbocycles. The van der Waals surface area contributed by atoms with Gasteiger partial charge in [-0.25, -0.2) is 0 Å². The first kappa shape index (κ1) is 14.0. The van der Waals surface area contributed by atoms with Crippen LogP contribution in [0.2, 0.25) is 10.0 Å². The minimum Gasteiger partial charge on any atom is -0.377 e. The summed E-state index contributed by atoms with van der Waals surface area (Å²) in [5.74, 6) is 0. The zero-order valence-electron chi connectivity index (χ0n) is 11.2. The summed E-state index contributed by atoms with van der Waals surface area (Å²) in [7, 11) is 0. The molecule has 0 aromatic heterocycles. The average Bonchev–Trinajstić information content (AvgIpc) is 2.40. The van der Waals surface area contributed by atoms with E-state index in [9.17, 15) is 0 Å². The van der Waals surface area contributed by atoms with Gasteiger partial charge in [-0.2, -0.15) is 0 Å². The number of para-hydroxylation sites is 1. The van der Waals surface area contributed by atoms with E-state index in [-0.39, 0.29) is 17.2 Å². The summed E-state index contributed by atoms with van der Waals surface area (Å²) in [4.78, 5) is 0. The van der Waals surface area contributed by atoms with Crippen molar-refractivity contribution in [2.45, 2.75) is 51.4 Å². The second-order valence-corrected chi connectivity index (χ2v) is 6.78. The van der Waals surface area contributed by atoms with Crippen LogP contribution in [-0.2, 0) is 4.74 Å². The molecule has 1 unspecified atom stereocenters. The van der Waals surface area contributed by atoms with E-state index in [0.29, 0.717) is 10.0 Å². The van der Waals surface area contributed by atoms with Gasteiger partial charge in [-0.05, 0) is 46.2 Å². The Morgan fingerprint density at radius 1 is 1.17 bits per heavy atom. The zero-order valence-corrected chi connectivity index (χ0v) is 12.7. The molecule has 1 aromatic rings. The third kappa shape index (κ3) is 2.76. The maximum Gasteiger partial charge on any atom is 0.0834 e. The SMILES string of the molecule is CC1(C)CC(Nc2c(Cl)cccc2Cl)C(C)(C)O1. The highest BCUT2D eigenvalue weighted by Gasteiger charge is 2.46. The molecule has 0 spiro atoms. The maximum absolute atomic E-state index is 6.18. The summed E-state index contributed by atoms with van der Waals surface area (Å²) >= 11 is 12.4. The molecule has 18 heavy (non-hydrogen) atoms. The topological polar surface area (TPSA) is 21.3 Å². The Balaban J connectivity index is 2.25. The lowest BCUT2D eigenvalue weighted by Gasteiger charge is -2.28. The number of hydrogen-bond acceptors (Lipinski definition) is 2. The van der Waals surface area contributed by atoms with Gasteiger partial charge in [-0.15, -0.1) is 0 Å². The molecular formula is C14H19Cl2NO. The van der Waals surface area contributed by atoms with Crippen LogP contribution in [0.5, 0.6) is 0 Å². The molecule has 100 valence electrons. The molecule has 0 saturated carbocycles. The number of rotatable bonds is 2. The highest BCUT2D eigenvalue weighted by molar-refractivity contribution is 6.39. The fourth-order valence-corrected chi connectivity index (χ4v) is 3.10. The number of benzene rings is 1. The standard InChI is InChI=1S/C14H19Cl2NO/c1-13(2)8-11(14(3,4)18-13)17-12-9(15)6-5-7-10(12)16/h5-7,11,17H,8H2,1-4H3. The van der Waals surface area contributed by atoms with Crippen LogP contribution in [0.3, 0.4) is 0 Å². The van der Waals surface area contributed by atoms with Crippen molar-refractivity contribution in [1.82, 2.24) is 0 Å². The highest BCUT2D eigenvalue weighted by atomic mass is 35.5. The first-order chi connectivity index (χ1) is 8.21. The van der Waals surface area contributed by atoms with Gasteiger partial charge in [-0.1, -0.05) is 29.3 Å². The van der Waals surface area contributed by atoms with E-state index < -0.39 is 0 Å². The number of nitrogens with one attached hydrogen (secondary N) is 1. The van der Waals surface area contributed by atoms with Crippen LogP contribution in [0.1, 0.15) is 34.1 Å². The quantitative estimate of drug-likeness (QED) is 0.847. The average molecular weight is 288 g/mol. The monoisotopic (exact) mass is 287 g/mol. The maximum atomic E-state index is 6.18. The molecule has 0 amide bonds. The first-order valence-electron chi connectivity index (χ1n) is 6.12. The van der Waals surface area contributed by atoms with Crippen molar-refractivity contribution in [3.8, 4) is 0 Å². The molecular weight excluding hydrogens is 269 g/mol. The Bertz CT molecular complexity index is 437. The van der Waals surface area contributed by atoms with Crippen LogP contribution in [0.4, 0.5) is 5.69 Å². The first-order valence-corrected chi connectivity index (χ1v) is 6.88. The van der Waals surface area contributed by atoms with Crippen LogP contribution in [0.25, 0.3) is 0 Å². The van der Waals surface area contributed by atoms with E-state index in [4.69, 9.17) is 27.9 Å². The number of ether oxygens (including phenoxy) is 1. The Kier molecular flexibility index (Phi) is 3.56. The summed E-state index contributed by atoms with van der Waals surface area (Å²) in [5.41, 5.74) is 0.418. The Morgan fingerprint density at radius 3 is 2.17 bits per heavy atom. The molecule has 1 N–H and O–H groups in total. The molecule has 2 nitrogen and oxygen atoms in total. The van der Waals surface area contributed by atoms with Gasteiger partial charge in [0.1, 0.15) is 0 Å². The van der Waals surface area contributed by atoms with Crippen LogP contribution in [0.15, 0.2) is 18.2 Å². The number of anilines is 1. The lowest BCUT2D eigenvalue weighted by Crippen LogP contribution is -2.38. The van der Waals surface area contributed by atoms with Crippen molar-refractivity contribution < 1.29 is 4.74 Å². The molecule has 1 fully saturated rings. The molecule has 1 aliphatic rings. The molecule has 1 saturated heterocycles. The van der Waals surface area contributed by atoms with Gasteiger partial charge in [0.05, 0.1) is 33.0 Å². The molecule has 1 aromatic carbocycles. The minimum absolute atomic E-state index is 0.130. The summed E-state index contributed by atoms with van der Waals surface area (Å²) in [5, 5.41) is 4.72. The van der Waals surface area contributed by atoms with Gasteiger partial charge >= 0.3 is 0 Å². The number of halogens is 2. The van der Waals surface area contributed by atoms with Crippen LogP contribution >= 0.6 is 23.2 Å². The van der Waals surface area contributed by atoms with Gasteiger partial charge in [0.2, 0.25) is 0 Å². The van der Waals surface area contributed by atoms with Crippen LogP contribution in [-0.4, -0.2) is 17.2 Å². The molecule has 0 bridgehead atoms. The molecule has 4 heteroatoms. The largest absolute Gasteiger partial charge is 0.377 e. The second-order valence-electron chi connectivity index (χ2n) is 5.96. The molecule has 2 rings (SSSR count). The summed E-state index contributed by atoms with van der Waals surface area (Å²) in [6, 6.07) is 5.70. The number of hydrogen-bond donors (Lipinski definition) is 1. The molecule has 1 heterocycles. The smallest absolute Gasteiger partial charge is 0.0834 e. The van der Waals surface area contributed by atoms with Gasteiger partial charge in [0.25, 0.3) is 0 Å². The fourth-order valence-electron chi connectivity index (χ4n) is 2.60. The molecule has 0 radical (unpaired) electrons. The van der Waals surface area contributed by atoms with Gasteiger partial charge in [0.15, 0.2) is 0 Å². The summed E-state index contributed by atoms with van der Waals surface area (Å²) in [6.45, 7) is 8.38. The van der Waals surface area contributed by atoms with Gasteiger partial charge in [-0.3, -0.25) is 0 Å². The van der Waals surface area contributed by atoms with E-state index in [2.05, 4.69) is 33.0 Å². The summed E-state index contributed by atoms with van der Waals surface area (Å²) < 4.78 is 6.05. The second kappa shape index (κ2) is 4.59. The normalized spacial score (nSPS) is 25.1. The van der Waals surface area contributed by atoms with E-state index in [1.54, 1.807) is 0 Å². The van der Waals surface area contributed by atoms with Crippen molar-refractivity contribution in [3.05, 3.63) is 28.2 Å². The van der Waals surface area contributed by atoms with Gasteiger partial charge < -0.3 is 10.1 Å². The van der Waals surface area contributed by atoms with Crippen LogP contribution in [0, 0.1) is 0 Å². The Hall–Kier alpha value is -0.440. The highest BCUT2D eigenvalue weighted by Crippen LogP contribution is 2.41. The van der Waals surface area contributed by atoms with Crippen molar-refractivity contribution in [3.63, 3.8) is 0 Å². The zero-order chi connectivity index (χ0) is 13.6. The molecule has 1 aliphatic heterocycles. The third-order valence-electron chi connectivity index (χ3n) is 3.36. The molecule has 1 atom stereocenters. The Labute approximate surface area is 119 Å². The van der Waals surface area contributed by atoms with Crippen molar-refractivity contribution in [1.29, 1.82) is 0 Å².